The minimum absolute atomic E-state index is 0.0120. The molecule has 3 fully saturated rings. The molecule has 5 heterocycles. The van der Waals surface area contributed by atoms with Crippen LogP contribution in [0, 0.1) is 11.8 Å². The number of hydrogen-bond acceptors (Lipinski definition) is 5. The zero-order valence-corrected chi connectivity index (χ0v) is 18.6. The highest BCUT2D eigenvalue weighted by molar-refractivity contribution is 5.79. The normalized spacial score (nSPS) is 26.8. The van der Waals surface area contributed by atoms with E-state index in [0.29, 0.717) is 18.5 Å². The predicted octanol–water partition coefficient (Wildman–Crippen LogP) is 0.914. The van der Waals surface area contributed by atoms with E-state index in [1.807, 2.05) is 22.9 Å². The molecule has 4 aliphatic rings. The third kappa shape index (κ3) is 4.13. The zero-order valence-electron chi connectivity index (χ0n) is 18.6. The van der Waals surface area contributed by atoms with Gasteiger partial charge in [-0.25, -0.2) is 4.68 Å². The van der Waals surface area contributed by atoms with Gasteiger partial charge in [0.2, 0.25) is 12.7 Å². The van der Waals surface area contributed by atoms with Crippen molar-refractivity contribution in [3.63, 3.8) is 0 Å². The molecule has 0 aliphatic carbocycles. The number of carbonyl (C=O) groups is 1. The van der Waals surface area contributed by atoms with Crippen molar-refractivity contribution in [3.05, 3.63) is 35.7 Å². The summed E-state index contributed by atoms with van der Waals surface area (Å²) in [6, 6.07) is 6.34. The number of amides is 1. The number of ether oxygens (including phenoxy) is 2. The summed E-state index contributed by atoms with van der Waals surface area (Å²) in [6.45, 7) is 10.2. The molecular formula is C23H32N5O3+. The highest BCUT2D eigenvalue weighted by Gasteiger charge is 2.46. The number of carbonyl (C=O) groups excluding carboxylic acids is 1. The van der Waals surface area contributed by atoms with Gasteiger partial charge in [-0.15, -0.1) is 5.10 Å². The van der Waals surface area contributed by atoms with Gasteiger partial charge in [-0.05, 0) is 23.6 Å². The topological polar surface area (TPSA) is 82.7 Å². The lowest BCUT2D eigenvalue weighted by Gasteiger charge is -2.46. The lowest BCUT2D eigenvalue weighted by molar-refractivity contribution is -0.945. The van der Waals surface area contributed by atoms with E-state index in [9.17, 15) is 4.79 Å². The molecule has 3 saturated heterocycles. The van der Waals surface area contributed by atoms with Crippen LogP contribution in [0.25, 0.3) is 0 Å². The van der Waals surface area contributed by atoms with Gasteiger partial charge in [0.15, 0.2) is 11.5 Å². The van der Waals surface area contributed by atoms with Gasteiger partial charge < -0.3 is 19.7 Å². The Balaban J connectivity index is 1.17. The van der Waals surface area contributed by atoms with Crippen molar-refractivity contribution in [2.24, 2.45) is 11.8 Å². The quantitative estimate of drug-likeness (QED) is 0.743. The van der Waals surface area contributed by atoms with Crippen LogP contribution in [-0.4, -0.2) is 46.8 Å². The van der Waals surface area contributed by atoms with Gasteiger partial charge in [0.05, 0.1) is 31.2 Å². The number of rotatable bonds is 5. The van der Waals surface area contributed by atoms with Gasteiger partial charge in [-0.3, -0.25) is 4.79 Å². The second-order valence-electron chi connectivity index (χ2n) is 10.2. The fourth-order valence-electron chi connectivity index (χ4n) is 5.15. The van der Waals surface area contributed by atoms with Crippen LogP contribution < -0.4 is 19.7 Å². The Morgan fingerprint density at radius 1 is 1.29 bits per heavy atom. The van der Waals surface area contributed by atoms with E-state index in [1.165, 1.54) is 4.90 Å². The van der Waals surface area contributed by atoms with Crippen LogP contribution in [0.5, 0.6) is 11.5 Å². The molecule has 6 rings (SSSR count). The molecule has 1 amide bonds. The van der Waals surface area contributed by atoms with Gasteiger partial charge >= 0.3 is 0 Å². The van der Waals surface area contributed by atoms with Gasteiger partial charge in [0, 0.05) is 31.0 Å². The maximum absolute atomic E-state index is 13.0. The lowest BCUT2D eigenvalue weighted by atomic mass is 9.75. The minimum Gasteiger partial charge on any atom is -0.454 e. The molecule has 8 heteroatoms. The summed E-state index contributed by atoms with van der Waals surface area (Å²) >= 11 is 0. The number of nitrogens with zero attached hydrogens (tertiary/aromatic N) is 3. The molecule has 2 bridgehead atoms. The summed E-state index contributed by atoms with van der Waals surface area (Å²) in [4.78, 5) is 14.5. The van der Waals surface area contributed by atoms with Crippen molar-refractivity contribution in [1.29, 1.82) is 0 Å². The largest absolute Gasteiger partial charge is 0.454 e. The first-order valence-corrected chi connectivity index (χ1v) is 11.3. The molecule has 0 radical (unpaired) electrons. The summed E-state index contributed by atoms with van der Waals surface area (Å²) in [5.41, 5.74) is 2.07. The van der Waals surface area contributed by atoms with E-state index in [-0.39, 0.29) is 24.0 Å². The molecule has 1 unspecified atom stereocenters. The van der Waals surface area contributed by atoms with Crippen molar-refractivity contribution in [3.8, 4) is 11.5 Å². The Labute approximate surface area is 182 Å². The highest BCUT2D eigenvalue weighted by atomic mass is 16.7. The molecule has 1 aromatic carbocycles. The Bertz CT molecular complexity index is 966. The van der Waals surface area contributed by atoms with Crippen LogP contribution in [-0.2, 0) is 23.3 Å². The summed E-state index contributed by atoms with van der Waals surface area (Å²) in [6.07, 6.45) is 4.28. The summed E-state index contributed by atoms with van der Waals surface area (Å²) < 4.78 is 12.8. The van der Waals surface area contributed by atoms with Crippen molar-refractivity contribution in [2.45, 2.75) is 58.2 Å². The molecule has 166 valence electrons. The number of nitrogens with one attached hydrogen (secondary N) is 2. The van der Waals surface area contributed by atoms with Gasteiger partial charge in [0.1, 0.15) is 6.04 Å². The Morgan fingerprint density at radius 2 is 2.13 bits per heavy atom. The fourth-order valence-corrected chi connectivity index (χ4v) is 5.15. The lowest BCUT2D eigenvalue weighted by Crippen LogP contribution is -3.20. The zero-order chi connectivity index (χ0) is 21.6. The monoisotopic (exact) mass is 426 g/mol. The number of hydrogen-bond donors (Lipinski definition) is 2. The molecule has 1 aromatic heterocycles. The SMILES string of the molecule is CC(C)(C)c1cn(C[C@H]2C[C@@H]3CC[NH+]2C[C@@H]3C(=O)NCc2ccc3c(c2)OCO3)nn1. The van der Waals surface area contributed by atoms with Crippen LogP contribution in [0.4, 0.5) is 0 Å². The number of aromatic nitrogens is 3. The summed E-state index contributed by atoms with van der Waals surface area (Å²) in [7, 11) is 0. The molecule has 2 N–H and O–H groups in total. The third-order valence-corrected chi connectivity index (χ3v) is 7.01. The van der Waals surface area contributed by atoms with E-state index in [4.69, 9.17) is 9.47 Å². The first kappa shape index (κ1) is 20.3. The molecule has 4 aliphatic heterocycles. The Hall–Kier alpha value is -2.61. The average Bonchev–Trinajstić information content (AvgIpc) is 3.41. The van der Waals surface area contributed by atoms with E-state index < -0.39 is 0 Å². The van der Waals surface area contributed by atoms with Crippen molar-refractivity contribution < 1.29 is 19.2 Å². The number of benzene rings is 1. The van der Waals surface area contributed by atoms with E-state index >= 15 is 0 Å². The predicted molar refractivity (Wildman–Crippen MR) is 114 cm³/mol. The molecular weight excluding hydrogens is 394 g/mol. The van der Waals surface area contributed by atoms with Crippen LogP contribution in [0.1, 0.15) is 44.9 Å². The van der Waals surface area contributed by atoms with Crippen LogP contribution in [0.15, 0.2) is 24.4 Å². The van der Waals surface area contributed by atoms with Gasteiger partial charge in [-0.1, -0.05) is 32.1 Å². The van der Waals surface area contributed by atoms with Crippen LogP contribution in [0.3, 0.4) is 0 Å². The van der Waals surface area contributed by atoms with Crippen molar-refractivity contribution in [1.82, 2.24) is 20.3 Å². The smallest absolute Gasteiger partial charge is 0.231 e. The number of piperidine rings is 3. The number of fused-ring (bicyclic) bond motifs is 4. The molecule has 4 atom stereocenters. The second kappa shape index (κ2) is 7.82. The maximum Gasteiger partial charge on any atom is 0.231 e. The highest BCUT2D eigenvalue weighted by Crippen LogP contribution is 2.33. The Kier molecular flexibility index (Phi) is 5.12. The van der Waals surface area contributed by atoms with Crippen molar-refractivity contribution >= 4 is 5.91 Å². The molecule has 31 heavy (non-hydrogen) atoms. The number of quaternary nitrogens is 1. The van der Waals surface area contributed by atoms with E-state index in [1.54, 1.807) is 0 Å². The molecule has 8 nitrogen and oxygen atoms in total. The summed E-state index contributed by atoms with van der Waals surface area (Å²) in [5.74, 6) is 2.24. The Morgan fingerprint density at radius 3 is 2.87 bits per heavy atom. The molecule has 0 spiro atoms. The fraction of sp³-hybridized carbons (Fsp3) is 0.609. The average molecular weight is 427 g/mol. The third-order valence-electron chi connectivity index (χ3n) is 7.01. The first-order valence-electron chi connectivity index (χ1n) is 11.3. The van der Waals surface area contributed by atoms with Gasteiger partial charge in [0.25, 0.3) is 0 Å². The maximum atomic E-state index is 13.0. The second-order valence-corrected chi connectivity index (χ2v) is 10.2. The summed E-state index contributed by atoms with van der Waals surface area (Å²) in [5, 5.41) is 11.9. The van der Waals surface area contributed by atoms with E-state index in [0.717, 1.165) is 55.2 Å². The first-order chi connectivity index (χ1) is 14.9. The van der Waals surface area contributed by atoms with E-state index in [2.05, 4.69) is 42.6 Å². The van der Waals surface area contributed by atoms with Gasteiger partial charge in [-0.2, -0.15) is 0 Å². The van der Waals surface area contributed by atoms with Crippen LogP contribution in [0.2, 0.25) is 0 Å². The van der Waals surface area contributed by atoms with Crippen molar-refractivity contribution in [2.75, 3.05) is 19.9 Å². The molecule has 2 aromatic rings. The van der Waals surface area contributed by atoms with Crippen LogP contribution >= 0.6 is 0 Å². The minimum atomic E-state index is 0.0120. The molecule has 0 saturated carbocycles. The standard InChI is InChI=1S/C23H31N5O3/c1-23(2,3)21-13-28(26-25-21)11-17-9-16-6-7-27(17)12-18(16)22(29)24-10-15-4-5-19-20(8-15)31-14-30-19/h4-5,8,13,16-18H,6-7,9-12,14H2,1-3H3,(H,24,29)/p+1/t16-,17+,18-/m0/s1.